The van der Waals surface area contributed by atoms with Crippen molar-refractivity contribution in [3.05, 3.63) is 285 Å². The van der Waals surface area contributed by atoms with Crippen LogP contribution in [0.3, 0.4) is 0 Å². The number of hydrogen-bond donors (Lipinski definition) is 0. The first-order valence-corrected chi connectivity index (χ1v) is 24.4. The van der Waals surface area contributed by atoms with Gasteiger partial charge in [0.25, 0.3) is 0 Å². The summed E-state index contributed by atoms with van der Waals surface area (Å²) in [5, 5.41) is 0. The van der Waals surface area contributed by atoms with Crippen LogP contribution in [0.2, 0.25) is 0 Å². The third-order valence-corrected chi connectivity index (χ3v) is 13.2. The molecule has 338 valence electrons. The van der Waals surface area contributed by atoms with E-state index >= 15 is 0 Å². The van der Waals surface area contributed by atoms with Gasteiger partial charge in [0.15, 0.2) is 17.5 Å². The maximum Gasteiger partial charge on any atom is 0.164 e. The zero-order valence-corrected chi connectivity index (χ0v) is 39.5. The molecule has 12 aromatic rings. The molecule has 72 heavy (non-hydrogen) atoms. The third kappa shape index (κ3) is 9.43. The second-order valence-electron chi connectivity index (χ2n) is 18.1. The predicted molar refractivity (Wildman–Crippen MR) is 300 cm³/mol. The van der Waals surface area contributed by atoms with Crippen LogP contribution in [0.5, 0.6) is 0 Å². The molecule has 0 aliphatic carbocycles. The average molecular weight is 918 g/mol. The number of rotatable bonds is 11. The minimum absolute atomic E-state index is 0.578. The Balaban J connectivity index is 1.11. The summed E-state index contributed by atoms with van der Waals surface area (Å²) in [6.07, 6.45) is 0. The fraction of sp³-hybridized carbons (Fsp3) is 0. The van der Waals surface area contributed by atoms with Crippen LogP contribution in [0.4, 0.5) is 0 Å². The molecule has 1 aromatic heterocycles. The SMILES string of the molecule is c1ccc(-c2cccc(-c3cc(-c4cccc(-c5ccccc5)c4)cc(-c4nc(-c5cc(-c6ccccc6)cc(-c6ccccc6)c5)nc(-c5cc(-c6ccccc6)cc(-c6ccccc6)c5)n4)c3)c2)cc1. The Labute approximate surface area is 421 Å². The molecule has 0 radical (unpaired) electrons. The van der Waals surface area contributed by atoms with Crippen LogP contribution in [-0.4, -0.2) is 15.0 Å². The minimum atomic E-state index is 0.578. The molecule has 0 bridgehead atoms. The Kier molecular flexibility index (Phi) is 12.0. The number of benzene rings is 11. The first kappa shape index (κ1) is 43.7. The maximum absolute atomic E-state index is 5.51. The van der Waals surface area contributed by atoms with Gasteiger partial charge in [0, 0.05) is 16.7 Å². The van der Waals surface area contributed by atoms with E-state index < -0.39 is 0 Å². The maximum atomic E-state index is 5.51. The lowest BCUT2D eigenvalue weighted by atomic mass is 9.92. The fourth-order valence-electron chi connectivity index (χ4n) is 9.57. The van der Waals surface area contributed by atoms with Crippen LogP contribution in [0, 0.1) is 0 Å². The lowest BCUT2D eigenvalue weighted by molar-refractivity contribution is 1.07. The van der Waals surface area contributed by atoms with E-state index in [4.69, 9.17) is 15.0 Å². The molecule has 1 heterocycles. The third-order valence-electron chi connectivity index (χ3n) is 13.2. The molecule has 0 saturated heterocycles. The molecule has 12 rings (SSSR count). The summed E-state index contributed by atoms with van der Waals surface area (Å²) >= 11 is 0. The molecule has 0 atom stereocenters. The van der Waals surface area contributed by atoms with E-state index in [1.807, 2.05) is 0 Å². The number of aromatic nitrogens is 3. The van der Waals surface area contributed by atoms with Gasteiger partial charge in [-0.2, -0.15) is 0 Å². The molecule has 3 nitrogen and oxygen atoms in total. The highest BCUT2D eigenvalue weighted by Crippen LogP contribution is 2.39. The van der Waals surface area contributed by atoms with E-state index in [0.29, 0.717) is 17.5 Å². The zero-order valence-electron chi connectivity index (χ0n) is 39.5. The second-order valence-corrected chi connectivity index (χ2v) is 18.1. The summed E-state index contributed by atoms with van der Waals surface area (Å²) in [7, 11) is 0. The Hall–Kier alpha value is -9.57. The van der Waals surface area contributed by atoms with Crippen LogP contribution >= 0.6 is 0 Å². The zero-order chi connectivity index (χ0) is 48.1. The Morgan fingerprint density at radius 2 is 0.278 bits per heavy atom. The Morgan fingerprint density at radius 3 is 0.514 bits per heavy atom. The normalized spacial score (nSPS) is 11.1. The van der Waals surface area contributed by atoms with Gasteiger partial charge in [0.2, 0.25) is 0 Å². The molecule has 0 unspecified atom stereocenters. The molecule has 0 amide bonds. The highest BCUT2D eigenvalue weighted by atomic mass is 15.0. The summed E-state index contributed by atoms with van der Waals surface area (Å²) < 4.78 is 0. The van der Waals surface area contributed by atoms with Gasteiger partial charge < -0.3 is 0 Å². The monoisotopic (exact) mass is 917 g/mol. The van der Waals surface area contributed by atoms with Gasteiger partial charge in [0.1, 0.15) is 0 Å². The van der Waals surface area contributed by atoms with Crippen molar-refractivity contribution in [3.8, 4) is 123 Å². The summed E-state index contributed by atoms with van der Waals surface area (Å²) in [6.45, 7) is 0. The van der Waals surface area contributed by atoms with Gasteiger partial charge in [-0.3, -0.25) is 0 Å². The van der Waals surface area contributed by atoms with Crippen molar-refractivity contribution in [1.82, 2.24) is 15.0 Å². The van der Waals surface area contributed by atoms with Gasteiger partial charge in [-0.1, -0.05) is 218 Å². The van der Waals surface area contributed by atoms with Crippen LogP contribution in [0.1, 0.15) is 0 Å². The van der Waals surface area contributed by atoms with Crippen LogP contribution in [0.15, 0.2) is 285 Å². The van der Waals surface area contributed by atoms with Crippen molar-refractivity contribution in [2.45, 2.75) is 0 Å². The van der Waals surface area contributed by atoms with Crippen molar-refractivity contribution < 1.29 is 0 Å². The lowest BCUT2D eigenvalue weighted by Crippen LogP contribution is -2.01. The molecular formula is C69H47N3. The van der Waals surface area contributed by atoms with E-state index in [2.05, 4.69) is 285 Å². The summed E-state index contributed by atoms with van der Waals surface area (Å²) in [6, 6.07) is 101. The van der Waals surface area contributed by atoms with Crippen molar-refractivity contribution in [2.24, 2.45) is 0 Å². The van der Waals surface area contributed by atoms with Crippen LogP contribution in [-0.2, 0) is 0 Å². The van der Waals surface area contributed by atoms with E-state index in [-0.39, 0.29) is 0 Å². The fourth-order valence-corrected chi connectivity index (χ4v) is 9.57. The van der Waals surface area contributed by atoms with Gasteiger partial charge in [-0.15, -0.1) is 0 Å². The van der Waals surface area contributed by atoms with Crippen molar-refractivity contribution in [1.29, 1.82) is 0 Å². The van der Waals surface area contributed by atoms with Crippen LogP contribution < -0.4 is 0 Å². The van der Waals surface area contributed by atoms with Crippen molar-refractivity contribution >= 4 is 0 Å². The predicted octanol–water partition coefficient (Wildman–Crippen LogP) is 18.2. The summed E-state index contributed by atoms with van der Waals surface area (Å²) in [5.74, 6) is 1.75. The van der Waals surface area contributed by atoms with Crippen molar-refractivity contribution in [2.75, 3.05) is 0 Å². The van der Waals surface area contributed by atoms with Gasteiger partial charge in [-0.05, 0) is 156 Å². The molecule has 0 aliphatic rings. The average Bonchev–Trinajstić information content (AvgIpc) is 3.48. The quantitative estimate of drug-likeness (QED) is 0.130. The Morgan fingerprint density at radius 1 is 0.125 bits per heavy atom. The van der Waals surface area contributed by atoms with E-state index in [9.17, 15) is 0 Å². The standard InChI is InChI=1S/C69H47N3/c1-7-21-48(22-8-1)54-33-19-35-56(37-54)62-41-63(57-36-20-34-55(38-57)49-23-9-2-10-24-49)47-66(46-62)69-71-67(64-42-58(50-25-11-3-12-26-50)39-59(43-64)51-27-13-4-14-28-51)70-68(72-69)65-44-60(52-29-15-5-16-30-52)40-61(45-65)53-31-17-6-18-32-53/h1-47H. The highest BCUT2D eigenvalue weighted by Gasteiger charge is 2.19. The van der Waals surface area contributed by atoms with Gasteiger partial charge in [0.05, 0.1) is 0 Å². The lowest BCUT2D eigenvalue weighted by Gasteiger charge is -2.15. The second kappa shape index (κ2) is 19.8. The van der Waals surface area contributed by atoms with E-state index in [1.54, 1.807) is 0 Å². The molecule has 0 fully saturated rings. The van der Waals surface area contributed by atoms with Crippen molar-refractivity contribution in [3.63, 3.8) is 0 Å². The molecule has 0 N–H and O–H groups in total. The van der Waals surface area contributed by atoms with Gasteiger partial charge >= 0.3 is 0 Å². The summed E-state index contributed by atoms with van der Waals surface area (Å²) in [4.78, 5) is 16.5. The number of nitrogens with zero attached hydrogens (tertiary/aromatic N) is 3. The largest absolute Gasteiger partial charge is 0.208 e. The molecule has 0 spiro atoms. The topological polar surface area (TPSA) is 38.7 Å². The molecule has 11 aromatic carbocycles. The first-order valence-electron chi connectivity index (χ1n) is 24.4. The molecule has 0 aliphatic heterocycles. The van der Waals surface area contributed by atoms with E-state index in [0.717, 1.165) is 94.6 Å². The Bertz CT molecular complexity index is 3460. The van der Waals surface area contributed by atoms with E-state index in [1.165, 1.54) is 11.1 Å². The number of hydrogen-bond acceptors (Lipinski definition) is 3. The van der Waals surface area contributed by atoms with Gasteiger partial charge in [-0.25, -0.2) is 15.0 Å². The minimum Gasteiger partial charge on any atom is -0.208 e. The van der Waals surface area contributed by atoms with Crippen LogP contribution in [0.25, 0.3) is 123 Å². The summed E-state index contributed by atoms with van der Waals surface area (Å²) in [5.41, 5.74) is 20.4. The first-order chi connectivity index (χ1) is 35.6. The molecular weight excluding hydrogens is 871 g/mol. The smallest absolute Gasteiger partial charge is 0.164 e. The molecule has 3 heteroatoms. The highest BCUT2D eigenvalue weighted by molar-refractivity contribution is 5.86. The molecule has 0 saturated carbocycles.